The van der Waals surface area contributed by atoms with Crippen molar-refractivity contribution >= 4 is 11.9 Å². The summed E-state index contributed by atoms with van der Waals surface area (Å²) in [7, 11) is 0. The molecule has 20 heavy (non-hydrogen) atoms. The van der Waals surface area contributed by atoms with Crippen molar-refractivity contribution < 1.29 is 19.4 Å². The molecule has 1 rings (SSSR count). The van der Waals surface area contributed by atoms with E-state index in [9.17, 15) is 9.59 Å². The fraction of sp³-hybridized carbons (Fsp3) is 0.385. The second-order valence-corrected chi connectivity index (χ2v) is 4.32. The summed E-state index contributed by atoms with van der Waals surface area (Å²) in [4.78, 5) is 22.4. The lowest BCUT2D eigenvalue weighted by Gasteiger charge is -2.17. The van der Waals surface area contributed by atoms with Crippen LogP contribution in [0.25, 0.3) is 0 Å². The van der Waals surface area contributed by atoms with Gasteiger partial charge in [0.25, 0.3) is 6.23 Å². The Labute approximate surface area is 116 Å². The molecule has 0 saturated carbocycles. The molecular weight excluding hydrogens is 262 g/mol. The van der Waals surface area contributed by atoms with E-state index < -0.39 is 24.1 Å². The Morgan fingerprint density at radius 2 is 1.95 bits per heavy atom. The number of rotatable bonds is 7. The van der Waals surface area contributed by atoms with E-state index in [2.05, 4.69) is 5.32 Å². The predicted octanol–water partition coefficient (Wildman–Crippen LogP) is -0.559. The average molecular weight is 281 g/mol. The van der Waals surface area contributed by atoms with Crippen LogP contribution in [0.4, 0.5) is 0 Å². The molecule has 0 aliphatic rings. The van der Waals surface area contributed by atoms with Crippen LogP contribution < -0.4 is 21.5 Å². The zero-order valence-electron chi connectivity index (χ0n) is 11.2. The van der Waals surface area contributed by atoms with Crippen molar-refractivity contribution in [2.24, 2.45) is 11.5 Å². The van der Waals surface area contributed by atoms with Gasteiger partial charge in [0.2, 0.25) is 5.91 Å². The number of carboxylic acid groups (broad SMARTS) is 1. The number of amides is 1. The second-order valence-electron chi connectivity index (χ2n) is 4.32. The third kappa shape index (κ3) is 4.87. The molecule has 0 saturated heterocycles. The molecule has 7 heteroatoms. The molecule has 0 aromatic heterocycles. The molecule has 0 radical (unpaired) electrons. The summed E-state index contributed by atoms with van der Waals surface area (Å²) < 4.78 is 5.21. The van der Waals surface area contributed by atoms with Gasteiger partial charge in [0, 0.05) is 0 Å². The number of ether oxygens (including phenoxy) is 1. The van der Waals surface area contributed by atoms with Gasteiger partial charge in [0.15, 0.2) is 0 Å². The number of benzene rings is 1. The van der Waals surface area contributed by atoms with Crippen LogP contribution in [0, 0.1) is 0 Å². The van der Waals surface area contributed by atoms with Gasteiger partial charge in [-0.3, -0.25) is 4.79 Å². The third-order valence-electron chi connectivity index (χ3n) is 2.52. The molecule has 1 unspecified atom stereocenters. The van der Waals surface area contributed by atoms with E-state index in [1.807, 2.05) is 0 Å². The maximum absolute atomic E-state index is 11.4. The average Bonchev–Trinajstić information content (AvgIpc) is 2.40. The van der Waals surface area contributed by atoms with Gasteiger partial charge in [0.05, 0.1) is 6.04 Å². The van der Waals surface area contributed by atoms with Crippen LogP contribution in [0.1, 0.15) is 12.5 Å². The highest BCUT2D eigenvalue weighted by Gasteiger charge is 2.23. The summed E-state index contributed by atoms with van der Waals surface area (Å²) in [6, 6.07) is 6.01. The van der Waals surface area contributed by atoms with Crippen LogP contribution in [-0.4, -0.2) is 35.8 Å². The Balaban J connectivity index is 2.70. The molecule has 0 heterocycles. The Morgan fingerprint density at radius 3 is 2.40 bits per heavy atom. The number of nitrogens with two attached hydrogens (primary N) is 2. The first kappa shape index (κ1) is 15.9. The van der Waals surface area contributed by atoms with Crippen molar-refractivity contribution in [3.8, 4) is 5.75 Å². The first-order valence-corrected chi connectivity index (χ1v) is 6.18. The Kier molecular flexibility index (Phi) is 5.95. The zero-order valence-corrected chi connectivity index (χ0v) is 11.2. The maximum atomic E-state index is 11.4. The Bertz CT molecular complexity index is 459. The van der Waals surface area contributed by atoms with Crippen molar-refractivity contribution in [2.75, 3.05) is 6.54 Å². The number of hydrogen-bond acceptors (Lipinski definition) is 5. The van der Waals surface area contributed by atoms with Gasteiger partial charge >= 0.3 is 5.97 Å². The number of carboxylic acids is 1. The maximum Gasteiger partial charge on any atom is 0.366 e. The van der Waals surface area contributed by atoms with E-state index in [0.717, 1.165) is 12.0 Å². The molecule has 1 aromatic carbocycles. The summed E-state index contributed by atoms with van der Waals surface area (Å²) in [6.45, 7) is 1.98. The van der Waals surface area contributed by atoms with Crippen molar-refractivity contribution in [3.63, 3.8) is 0 Å². The predicted molar refractivity (Wildman–Crippen MR) is 73.0 cm³/mol. The van der Waals surface area contributed by atoms with Gasteiger partial charge in [-0.25, -0.2) is 4.79 Å². The van der Waals surface area contributed by atoms with Crippen LogP contribution in [0.15, 0.2) is 24.3 Å². The Hall–Kier alpha value is -2.12. The van der Waals surface area contributed by atoms with E-state index in [1.54, 1.807) is 24.3 Å². The van der Waals surface area contributed by atoms with Crippen molar-refractivity contribution in [2.45, 2.75) is 25.6 Å². The molecule has 0 fully saturated rings. The van der Waals surface area contributed by atoms with Crippen molar-refractivity contribution in [1.82, 2.24) is 5.32 Å². The number of carbonyl (C=O) groups excluding carboxylic acids is 1. The fourth-order valence-corrected chi connectivity index (χ4v) is 1.44. The van der Waals surface area contributed by atoms with Gasteiger partial charge < -0.3 is 26.6 Å². The van der Waals surface area contributed by atoms with Crippen LogP contribution in [0.5, 0.6) is 5.75 Å². The summed E-state index contributed by atoms with van der Waals surface area (Å²) in [5, 5.41) is 11.2. The van der Waals surface area contributed by atoms with Crippen molar-refractivity contribution in [3.05, 3.63) is 29.8 Å². The highest BCUT2D eigenvalue weighted by atomic mass is 16.5. The molecule has 1 aromatic rings. The summed E-state index contributed by atoms with van der Waals surface area (Å²) in [6.07, 6.45) is -0.752. The minimum atomic E-state index is -1.48. The normalized spacial score (nSPS) is 13.3. The van der Waals surface area contributed by atoms with E-state index >= 15 is 0 Å². The summed E-state index contributed by atoms with van der Waals surface area (Å²) >= 11 is 0. The molecule has 7 nitrogen and oxygen atoms in total. The SMILES string of the molecule is C[C@H](N)C(=O)NC(Oc1ccc(CCN)cc1)C(=O)O. The second kappa shape index (κ2) is 7.46. The van der Waals surface area contributed by atoms with E-state index in [1.165, 1.54) is 6.92 Å². The molecule has 0 bridgehead atoms. The van der Waals surface area contributed by atoms with Gasteiger partial charge in [0.1, 0.15) is 5.75 Å². The summed E-state index contributed by atoms with van der Waals surface area (Å²) in [5.74, 6) is -1.56. The molecule has 6 N–H and O–H groups in total. The van der Waals surface area contributed by atoms with E-state index in [4.69, 9.17) is 21.3 Å². The van der Waals surface area contributed by atoms with Gasteiger partial charge in [-0.15, -0.1) is 0 Å². The molecule has 0 spiro atoms. The minimum absolute atomic E-state index is 0.336. The molecular formula is C13H19N3O4. The lowest BCUT2D eigenvalue weighted by atomic mass is 10.1. The smallest absolute Gasteiger partial charge is 0.366 e. The number of nitrogens with one attached hydrogen (secondary N) is 1. The van der Waals surface area contributed by atoms with Crippen LogP contribution in [0.2, 0.25) is 0 Å². The van der Waals surface area contributed by atoms with Gasteiger partial charge in [-0.05, 0) is 37.6 Å². The highest BCUT2D eigenvalue weighted by molar-refractivity contribution is 5.85. The number of carbonyl (C=O) groups is 2. The number of aliphatic carboxylic acids is 1. The minimum Gasteiger partial charge on any atom is -0.477 e. The molecule has 0 aliphatic carbocycles. The van der Waals surface area contributed by atoms with Crippen LogP contribution in [0.3, 0.4) is 0 Å². The highest BCUT2D eigenvalue weighted by Crippen LogP contribution is 2.13. The van der Waals surface area contributed by atoms with Gasteiger partial charge in [-0.2, -0.15) is 0 Å². The first-order valence-electron chi connectivity index (χ1n) is 6.18. The largest absolute Gasteiger partial charge is 0.477 e. The standard InChI is InChI=1S/C13H19N3O4/c1-8(15)11(17)16-12(13(18)19)20-10-4-2-9(3-5-10)6-7-14/h2-5,8,12H,6-7,14-15H2,1H3,(H,16,17)(H,18,19)/t8-,12?/m0/s1. The van der Waals surface area contributed by atoms with Gasteiger partial charge in [-0.1, -0.05) is 12.1 Å². The Morgan fingerprint density at radius 1 is 1.35 bits per heavy atom. The lowest BCUT2D eigenvalue weighted by Crippen LogP contribution is -2.50. The van der Waals surface area contributed by atoms with Crippen LogP contribution >= 0.6 is 0 Å². The number of hydrogen-bond donors (Lipinski definition) is 4. The molecule has 2 atom stereocenters. The summed E-state index contributed by atoms with van der Waals surface area (Å²) in [5.41, 5.74) is 11.8. The first-order chi connectivity index (χ1) is 9.43. The molecule has 110 valence electrons. The van der Waals surface area contributed by atoms with E-state index in [-0.39, 0.29) is 0 Å². The molecule has 0 aliphatic heterocycles. The fourth-order valence-electron chi connectivity index (χ4n) is 1.44. The van der Waals surface area contributed by atoms with E-state index in [0.29, 0.717) is 12.3 Å². The zero-order chi connectivity index (χ0) is 15.1. The lowest BCUT2D eigenvalue weighted by molar-refractivity contribution is -0.149. The van der Waals surface area contributed by atoms with Crippen LogP contribution in [-0.2, 0) is 16.0 Å². The monoisotopic (exact) mass is 281 g/mol. The van der Waals surface area contributed by atoms with Crippen molar-refractivity contribution in [1.29, 1.82) is 0 Å². The topological polar surface area (TPSA) is 128 Å². The third-order valence-corrected chi connectivity index (χ3v) is 2.52. The molecule has 1 amide bonds. The quantitative estimate of drug-likeness (QED) is 0.496.